The van der Waals surface area contributed by atoms with Crippen LogP contribution in [0.3, 0.4) is 0 Å². The molecule has 2 atom stereocenters. The molecule has 0 aromatic heterocycles. The Hall–Kier alpha value is -2.52. The molecule has 2 unspecified atom stereocenters. The second-order valence-corrected chi connectivity index (χ2v) is 9.93. The Labute approximate surface area is 194 Å². The zero-order chi connectivity index (χ0) is 22.9. The van der Waals surface area contributed by atoms with Crippen molar-refractivity contribution in [2.45, 2.75) is 63.2 Å². The Balaban J connectivity index is 1.33. The van der Waals surface area contributed by atoms with Crippen LogP contribution in [0.25, 0.3) is 0 Å². The summed E-state index contributed by atoms with van der Waals surface area (Å²) < 4.78 is 0. The number of likely N-dealkylation sites (tertiary alicyclic amines) is 1. The fourth-order valence-electron chi connectivity index (χ4n) is 5.27. The Morgan fingerprint density at radius 1 is 1.03 bits per heavy atom. The van der Waals surface area contributed by atoms with Gasteiger partial charge in [0.25, 0.3) is 5.69 Å². The van der Waals surface area contributed by atoms with E-state index in [1.54, 1.807) is 12.1 Å². The van der Waals surface area contributed by atoms with E-state index in [1.807, 2.05) is 21.9 Å². The van der Waals surface area contributed by atoms with Crippen LogP contribution < -0.4 is 5.32 Å². The molecule has 2 aliphatic carbocycles. The number of rotatable bonds is 7. The molecule has 5 rings (SSSR count). The number of nitrogens with zero attached hydrogens (tertiary/aromatic N) is 4. The van der Waals surface area contributed by atoms with Gasteiger partial charge in [0, 0.05) is 62.9 Å². The summed E-state index contributed by atoms with van der Waals surface area (Å²) in [6.45, 7) is 4.45. The number of benzene rings is 1. The van der Waals surface area contributed by atoms with Crippen molar-refractivity contribution in [3.8, 4) is 0 Å². The topological polar surface area (TPSA) is 99.0 Å². The van der Waals surface area contributed by atoms with Gasteiger partial charge in [-0.3, -0.25) is 24.6 Å². The molecular formula is C24H33N5O4. The SMILES string of the molecule is O=C(C1CC(N(Cc2ccc([N+](=O)[O-])cc2)C2CC2)CN1C(=O)C1CC1)N1CCCNCC1. The Bertz CT molecular complexity index is 891. The van der Waals surface area contributed by atoms with E-state index < -0.39 is 0 Å². The van der Waals surface area contributed by atoms with Gasteiger partial charge in [0.2, 0.25) is 11.8 Å². The molecule has 9 heteroatoms. The van der Waals surface area contributed by atoms with Crippen molar-refractivity contribution in [2.75, 3.05) is 32.7 Å². The average molecular weight is 456 g/mol. The maximum atomic E-state index is 13.5. The van der Waals surface area contributed by atoms with Crippen molar-refractivity contribution in [1.82, 2.24) is 20.0 Å². The van der Waals surface area contributed by atoms with Gasteiger partial charge < -0.3 is 15.1 Å². The highest BCUT2D eigenvalue weighted by Crippen LogP contribution is 2.38. The molecule has 1 aromatic carbocycles. The minimum Gasteiger partial charge on any atom is -0.340 e. The number of nitro benzene ring substituents is 1. The highest BCUT2D eigenvalue weighted by molar-refractivity contribution is 5.90. The van der Waals surface area contributed by atoms with Gasteiger partial charge in [0.15, 0.2) is 0 Å². The normalized spacial score (nSPS) is 25.8. The molecule has 4 fully saturated rings. The summed E-state index contributed by atoms with van der Waals surface area (Å²) in [5.41, 5.74) is 1.12. The van der Waals surface area contributed by atoms with Gasteiger partial charge in [-0.15, -0.1) is 0 Å². The third kappa shape index (κ3) is 5.04. The zero-order valence-electron chi connectivity index (χ0n) is 19.0. The highest BCUT2D eigenvalue weighted by atomic mass is 16.6. The summed E-state index contributed by atoms with van der Waals surface area (Å²) in [5, 5.41) is 14.3. The number of nitrogens with one attached hydrogen (secondary N) is 1. The van der Waals surface area contributed by atoms with Crippen molar-refractivity contribution in [3.63, 3.8) is 0 Å². The number of amides is 2. The number of hydrogen-bond acceptors (Lipinski definition) is 6. The Morgan fingerprint density at radius 2 is 1.79 bits per heavy atom. The minimum absolute atomic E-state index is 0.0916. The van der Waals surface area contributed by atoms with E-state index >= 15 is 0 Å². The van der Waals surface area contributed by atoms with Crippen LogP contribution in [0.2, 0.25) is 0 Å². The monoisotopic (exact) mass is 455 g/mol. The Kier molecular flexibility index (Phi) is 6.34. The fourth-order valence-corrected chi connectivity index (χ4v) is 5.27. The molecule has 0 bridgehead atoms. The van der Waals surface area contributed by atoms with E-state index in [4.69, 9.17) is 0 Å². The third-order valence-electron chi connectivity index (χ3n) is 7.42. The van der Waals surface area contributed by atoms with Crippen molar-refractivity contribution in [2.24, 2.45) is 5.92 Å². The predicted octanol–water partition coefficient (Wildman–Crippen LogP) is 1.76. The first kappa shape index (κ1) is 22.3. The number of carbonyl (C=O) groups excluding carboxylic acids is 2. The van der Waals surface area contributed by atoms with Gasteiger partial charge in [-0.2, -0.15) is 0 Å². The molecule has 33 heavy (non-hydrogen) atoms. The standard InChI is InChI=1S/C24H33N5O4/c30-23(18-4-5-18)28-16-21(14-22(28)24(31)26-12-1-10-25-11-13-26)27(19-8-9-19)15-17-2-6-20(7-3-17)29(32)33/h2-3,6-7,18-19,21-22,25H,1,4-5,8-16H2. The van der Waals surface area contributed by atoms with Crippen LogP contribution in [0.15, 0.2) is 24.3 Å². The molecule has 0 spiro atoms. The van der Waals surface area contributed by atoms with Crippen LogP contribution >= 0.6 is 0 Å². The average Bonchev–Trinajstić information content (AvgIpc) is 3.71. The van der Waals surface area contributed by atoms with Gasteiger partial charge >= 0.3 is 0 Å². The number of nitro groups is 1. The van der Waals surface area contributed by atoms with Gasteiger partial charge in [-0.25, -0.2) is 0 Å². The molecule has 0 radical (unpaired) electrons. The van der Waals surface area contributed by atoms with Crippen molar-refractivity contribution >= 4 is 17.5 Å². The van der Waals surface area contributed by atoms with E-state index in [0.29, 0.717) is 32.1 Å². The zero-order valence-corrected chi connectivity index (χ0v) is 19.0. The summed E-state index contributed by atoms with van der Waals surface area (Å²) in [5.74, 6) is 0.338. The molecule has 2 amide bonds. The van der Waals surface area contributed by atoms with Crippen LogP contribution in [0.1, 0.15) is 44.1 Å². The second-order valence-electron chi connectivity index (χ2n) is 9.93. The van der Waals surface area contributed by atoms with E-state index in [-0.39, 0.29) is 40.4 Å². The fraction of sp³-hybridized carbons (Fsp3) is 0.667. The lowest BCUT2D eigenvalue weighted by Gasteiger charge is -2.29. The second kappa shape index (κ2) is 9.38. The van der Waals surface area contributed by atoms with Gasteiger partial charge in [-0.1, -0.05) is 12.1 Å². The van der Waals surface area contributed by atoms with E-state index in [1.165, 1.54) is 0 Å². The smallest absolute Gasteiger partial charge is 0.269 e. The van der Waals surface area contributed by atoms with Crippen LogP contribution in [-0.4, -0.2) is 82.3 Å². The molecule has 2 aliphatic heterocycles. The summed E-state index contributed by atoms with van der Waals surface area (Å²) in [6.07, 6.45) is 5.72. The molecule has 178 valence electrons. The maximum absolute atomic E-state index is 13.5. The Morgan fingerprint density at radius 3 is 2.45 bits per heavy atom. The molecule has 4 aliphatic rings. The molecule has 2 saturated heterocycles. The quantitative estimate of drug-likeness (QED) is 0.497. The lowest BCUT2D eigenvalue weighted by molar-refractivity contribution is -0.384. The summed E-state index contributed by atoms with van der Waals surface area (Å²) in [6, 6.07) is 6.97. The molecule has 1 N–H and O–H groups in total. The largest absolute Gasteiger partial charge is 0.340 e. The van der Waals surface area contributed by atoms with Crippen LogP contribution in [0.5, 0.6) is 0 Å². The first-order valence-corrected chi connectivity index (χ1v) is 12.3. The number of carbonyl (C=O) groups is 2. The summed E-state index contributed by atoms with van der Waals surface area (Å²) in [4.78, 5) is 43.6. The summed E-state index contributed by atoms with van der Waals surface area (Å²) >= 11 is 0. The first-order chi connectivity index (χ1) is 16.0. The van der Waals surface area contributed by atoms with Crippen LogP contribution in [0, 0.1) is 16.0 Å². The van der Waals surface area contributed by atoms with Gasteiger partial charge in [0.1, 0.15) is 6.04 Å². The van der Waals surface area contributed by atoms with E-state index in [2.05, 4.69) is 10.2 Å². The lowest BCUT2D eigenvalue weighted by Crippen LogP contribution is -2.49. The number of non-ortho nitro benzene ring substituents is 1. The van der Waals surface area contributed by atoms with Crippen molar-refractivity contribution in [1.29, 1.82) is 0 Å². The molecule has 1 aromatic rings. The maximum Gasteiger partial charge on any atom is 0.269 e. The molecular weight excluding hydrogens is 422 g/mol. The van der Waals surface area contributed by atoms with Crippen molar-refractivity contribution in [3.05, 3.63) is 39.9 Å². The van der Waals surface area contributed by atoms with Crippen LogP contribution in [0.4, 0.5) is 5.69 Å². The predicted molar refractivity (Wildman–Crippen MR) is 122 cm³/mol. The van der Waals surface area contributed by atoms with Gasteiger partial charge in [0.05, 0.1) is 4.92 Å². The number of hydrogen-bond donors (Lipinski definition) is 1. The first-order valence-electron chi connectivity index (χ1n) is 12.3. The minimum atomic E-state index is -0.380. The summed E-state index contributed by atoms with van der Waals surface area (Å²) in [7, 11) is 0. The molecule has 9 nitrogen and oxygen atoms in total. The van der Waals surface area contributed by atoms with Crippen LogP contribution in [-0.2, 0) is 16.1 Å². The van der Waals surface area contributed by atoms with Crippen molar-refractivity contribution < 1.29 is 14.5 Å². The van der Waals surface area contributed by atoms with E-state index in [0.717, 1.165) is 57.3 Å². The molecule has 2 heterocycles. The van der Waals surface area contributed by atoms with Gasteiger partial charge in [-0.05, 0) is 50.6 Å². The highest BCUT2D eigenvalue weighted by Gasteiger charge is 2.48. The third-order valence-corrected chi connectivity index (χ3v) is 7.42. The lowest BCUT2D eigenvalue weighted by atomic mass is 10.1. The molecule has 2 saturated carbocycles. The van der Waals surface area contributed by atoms with E-state index in [9.17, 15) is 19.7 Å².